The van der Waals surface area contributed by atoms with Crippen molar-refractivity contribution < 1.29 is 14.3 Å². The predicted molar refractivity (Wildman–Crippen MR) is 120 cm³/mol. The van der Waals surface area contributed by atoms with Crippen LogP contribution in [-0.2, 0) is 4.79 Å². The number of ether oxygens (including phenoxy) is 1. The van der Waals surface area contributed by atoms with Gasteiger partial charge in [-0.3, -0.25) is 4.79 Å². The summed E-state index contributed by atoms with van der Waals surface area (Å²) in [4.78, 5) is 29.5. The molecule has 0 radical (unpaired) electrons. The summed E-state index contributed by atoms with van der Waals surface area (Å²) in [5.74, 6) is -0.152. The summed E-state index contributed by atoms with van der Waals surface area (Å²) in [7, 11) is 0. The molecule has 0 saturated carbocycles. The van der Waals surface area contributed by atoms with Crippen LogP contribution >= 0.6 is 11.8 Å². The average Bonchev–Trinajstić information content (AvgIpc) is 3.08. The maximum Gasteiger partial charge on any atom is 0.343 e. The monoisotopic (exact) mass is 414 g/mol. The third-order valence-electron chi connectivity index (χ3n) is 4.28. The largest absolute Gasteiger partial charge is 0.423 e. The second-order valence-electron chi connectivity index (χ2n) is 6.65. The molecule has 1 aliphatic rings. The first-order valence-electron chi connectivity index (χ1n) is 9.30. The van der Waals surface area contributed by atoms with Crippen molar-refractivity contribution in [3.05, 3.63) is 100 Å². The van der Waals surface area contributed by atoms with Crippen molar-refractivity contribution >= 4 is 40.6 Å². The molecule has 0 bridgehead atoms. The van der Waals surface area contributed by atoms with E-state index >= 15 is 0 Å². The van der Waals surface area contributed by atoms with Gasteiger partial charge in [-0.05, 0) is 66.7 Å². The highest BCUT2D eigenvalue weighted by Crippen LogP contribution is 2.28. The number of rotatable bonds is 4. The van der Waals surface area contributed by atoms with Crippen LogP contribution in [0.3, 0.4) is 0 Å². The number of benzene rings is 3. The molecule has 0 aromatic heterocycles. The van der Waals surface area contributed by atoms with Gasteiger partial charge >= 0.3 is 5.97 Å². The number of carbonyl (C=O) groups excluding carboxylic acids is 2. The number of aliphatic imine (C=N–C) groups is 1. The van der Waals surface area contributed by atoms with Gasteiger partial charge in [-0.2, -0.15) is 0 Å². The zero-order valence-electron chi connectivity index (χ0n) is 16.2. The first-order valence-corrected chi connectivity index (χ1v) is 10.1. The number of nitrogens with one attached hydrogen (secondary N) is 1. The topological polar surface area (TPSA) is 67.8 Å². The number of thioether (sulfide) groups is 1. The Labute approximate surface area is 178 Å². The Morgan fingerprint density at radius 1 is 1.00 bits per heavy atom. The number of para-hydroxylation sites is 1. The summed E-state index contributed by atoms with van der Waals surface area (Å²) < 4.78 is 5.42. The molecule has 148 valence electrons. The number of amides is 1. The van der Waals surface area contributed by atoms with Crippen molar-refractivity contribution in [1.29, 1.82) is 0 Å². The number of carbonyl (C=O) groups is 2. The lowest BCUT2D eigenvalue weighted by atomic mass is 10.1. The molecular formula is C24H18N2O3S. The molecule has 0 unspecified atom stereocenters. The first kappa shape index (κ1) is 19.7. The Morgan fingerprint density at radius 2 is 1.77 bits per heavy atom. The Morgan fingerprint density at radius 3 is 2.50 bits per heavy atom. The van der Waals surface area contributed by atoms with E-state index in [0.717, 1.165) is 16.8 Å². The van der Waals surface area contributed by atoms with Crippen molar-refractivity contribution in [2.24, 2.45) is 4.99 Å². The van der Waals surface area contributed by atoms with E-state index in [-0.39, 0.29) is 5.91 Å². The van der Waals surface area contributed by atoms with Crippen LogP contribution in [0.2, 0.25) is 0 Å². The Kier molecular flexibility index (Phi) is 5.77. The molecule has 30 heavy (non-hydrogen) atoms. The fourth-order valence-electron chi connectivity index (χ4n) is 2.82. The lowest BCUT2D eigenvalue weighted by molar-refractivity contribution is -0.115. The summed E-state index contributed by atoms with van der Waals surface area (Å²) in [6, 6.07) is 23.7. The number of amidine groups is 1. The SMILES string of the molecule is Cc1cccc(C(=O)Oc2ccc(/C=C3\SC(=Nc4ccccc4)NC3=O)cc2)c1. The highest BCUT2D eigenvalue weighted by atomic mass is 32.2. The number of hydrogen-bond acceptors (Lipinski definition) is 5. The van der Waals surface area contributed by atoms with Crippen molar-refractivity contribution in [3.8, 4) is 5.75 Å². The minimum atomic E-state index is -0.405. The molecule has 1 fully saturated rings. The van der Waals surface area contributed by atoms with Crippen LogP contribution in [0.15, 0.2) is 88.8 Å². The smallest absolute Gasteiger partial charge is 0.343 e. The van der Waals surface area contributed by atoms with E-state index in [0.29, 0.717) is 21.4 Å². The van der Waals surface area contributed by atoms with E-state index in [2.05, 4.69) is 10.3 Å². The van der Waals surface area contributed by atoms with Gasteiger partial charge in [0.25, 0.3) is 5.91 Å². The maximum absolute atomic E-state index is 12.3. The quantitative estimate of drug-likeness (QED) is 0.366. The third-order valence-corrected chi connectivity index (χ3v) is 5.19. The average molecular weight is 414 g/mol. The standard InChI is InChI=1S/C24H18N2O3S/c1-16-6-5-7-18(14-16)23(28)29-20-12-10-17(11-13-20)15-21-22(27)26-24(30-21)25-19-8-3-2-4-9-19/h2-15H,1H3,(H,25,26,27)/b21-15-. The van der Waals surface area contributed by atoms with Gasteiger partial charge in [0.15, 0.2) is 5.17 Å². The zero-order chi connectivity index (χ0) is 20.9. The minimum absolute atomic E-state index is 0.190. The summed E-state index contributed by atoms with van der Waals surface area (Å²) >= 11 is 1.29. The van der Waals surface area contributed by atoms with Crippen LogP contribution in [0, 0.1) is 6.92 Å². The van der Waals surface area contributed by atoms with E-state index < -0.39 is 5.97 Å². The van der Waals surface area contributed by atoms with Crippen LogP contribution in [0.5, 0.6) is 5.75 Å². The van der Waals surface area contributed by atoms with Gasteiger partial charge in [0.1, 0.15) is 5.75 Å². The van der Waals surface area contributed by atoms with Crippen LogP contribution < -0.4 is 10.1 Å². The number of aryl methyl sites for hydroxylation is 1. The van der Waals surface area contributed by atoms with Gasteiger partial charge < -0.3 is 10.1 Å². The van der Waals surface area contributed by atoms with Crippen molar-refractivity contribution in [3.63, 3.8) is 0 Å². The van der Waals surface area contributed by atoms with E-state index in [4.69, 9.17) is 4.74 Å². The van der Waals surface area contributed by atoms with Crippen molar-refractivity contribution in [2.75, 3.05) is 0 Å². The molecule has 1 aliphatic heterocycles. The third kappa shape index (κ3) is 4.85. The second kappa shape index (κ2) is 8.80. The highest BCUT2D eigenvalue weighted by Gasteiger charge is 2.23. The molecule has 4 rings (SSSR count). The van der Waals surface area contributed by atoms with Crippen LogP contribution in [0.4, 0.5) is 5.69 Å². The van der Waals surface area contributed by atoms with Gasteiger partial charge in [-0.15, -0.1) is 0 Å². The summed E-state index contributed by atoms with van der Waals surface area (Å²) in [5.41, 5.74) is 3.10. The zero-order valence-corrected chi connectivity index (χ0v) is 17.0. The van der Waals surface area contributed by atoms with Gasteiger partial charge in [0, 0.05) is 0 Å². The van der Waals surface area contributed by atoms with Crippen molar-refractivity contribution in [2.45, 2.75) is 6.92 Å². The van der Waals surface area contributed by atoms with E-state index in [1.165, 1.54) is 11.8 Å². The van der Waals surface area contributed by atoms with E-state index in [1.54, 1.807) is 42.5 Å². The molecule has 1 N–H and O–H groups in total. The number of nitrogens with zero attached hydrogens (tertiary/aromatic N) is 1. The Hall–Kier alpha value is -3.64. The van der Waals surface area contributed by atoms with Crippen molar-refractivity contribution in [1.82, 2.24) is 5.32 Å². The lowest BCUT2D eigenvalue weighted by Crippen LogP contribution is -2.19. The molecule has 0 spiro atoms. The normalized spacial score (nSPS) is 16.0. The molecular weight excluding hydrogens is 396 g/mol. The number of esters is 1. The predicted octanol–water partition coefficient (Wildman–Crippen LogP) is 5.11. The second-order valence-corrected chi connectivity index (χ2v) is 7.68. The fraction of sp³-hybridized carbons (Fsp3) is 0.0417. The van der Waals surface area contributed by atoms with Gasteiger partial charge in [0.2, 0.25) is 0 Å². The maximum atomic E-state index is 12.3. The van der Waals surface area contributed by atoms with E-state index in [1.807, 2.05) is 49.4 Å². The van der Waals surface area contributed by atoms with Gasteiger partial charge in [0.05, 0.1) is 16.2 Å². The summed E-state index contributed by atoms with van der Waals surface area (Å²) in [6.45, 7) is 1.92. The van der Waals surface area contributed by atoms with Crippen LogP contribution in [-0.4, -0.2) is 17.0 Å². The molecule has 3 aromatic rings. The Balaban J connectivity index is 1.44. The summed E-state index contributed by atoms with van der Waals surface area (Å²) in [5, 5.41) is 3.31. The molecule has 1 saturated heterocycles. The van der Waals surface area contributed by atoms with Gasteiger partial charge in [-0.25, -0.2) is 9.79 Å². The highest BCUT2D eigenvalue weighted by molar-refractivity contribution is 8.18. The van der Waals surface area contributed by atoms with E-state index in [9.17, 15) is 9.59 Å². The summed E-state index contributed by atoms with van der Waals surface area (Å²) in [6.07, 6.45) is 1.78. The lowest BCUT2D eigenvalue weighted by Gasteiger charge is -2.05. The Bertz CT molecular complexity index is 1150. The van der Waals surface area contributed by atoms with Gasteiger partial charge in [-0.1, -0.05) is 48.0 Å². The van der Waals surface area contributed by atoms with Crippen LogP contribution in [0.1, 0.15) is 21.5 Å². The fourth-order valence-corrected chi connectivity index (χ4v) is 3.66. The molecule has 1 amide bonds. The first-order chi connectivity index (χ1) is 14.6. The molecule has 6 heteroatoms. The molecule has 5 nitrogen and oxygen atoms in total. The molecule has 1 heterocycles. The number of hydrogen-bond donors (Lipinski definition) is 1. The molecule has 3 aromatic carbocycles. The molecule has 0 atom stereocenters. The molecule has 0 aliphatic carbocycles. The van der Waals surface area contributed by atoms with Crippen LogP contribution in [0.25, 0.3) is 6.08 Å². The minimum Gasteiger partial charge on any atom is -0.423 e.